The number of hydrogen-bond donors (Lipinski definition) is 1. The number of aliphatic hydroxyl groups excluding tert-OH is 1. The molecule has 4 nitrogen and oxygen atoms in total. The Morgan fingerprint density at radius 3 is 2.90 bits per heavy atom. The van der Waals surface area contributed by atoms with E-state index in [-0.39, 0.29) is 6.04 Å². The maximum atomic E-state index is 10.7. The molecule has 0 bridgehead atoms. The molecule has 2 aliphatic rings. The monoisotopic (exact) mass is 276 g/mol. The maximum Gasteiger partial charge on any atom is 0.125 e. The van der Waals surface area contributed by atoms with Crippen LogP contribution in [-0.2, 0) is 0 Å². The van der Waals surface area contributed by atoms with Crippen LogP contribution < -0.4 is 4.74 Å². The number of hydrogen-bond acceptors (Lipinski definition) is 4. The molecule has 1 aromatic carbocycles. The van der Waals surface area contributed by atoms with Gasteiger partial charge >= 0.3 is 0 Å². The molecule has 0 spiro atoms. The summed E-state index contributed by atoms with van der Waals surface area (Å²) in [6.45, 7) is 6.02. The van der Waals surface area contributed by atoms with Gasteiger partial charge in [0.2, 0.25) is 0 Å². The molecular formula is C16H24N2O2. The molecule has 0 saturated carbocycles. The van der Waals surface area contributed by atoms with Gasteiger partial charge in [0.15, 0.2) is 0 Å². The molecule has 0 aromatic heterocycles. The number of para-hydroxylation sites is 1. The minimum atomic E-state index is -0.453. The smallest absolute Gasteiger partial charge is 0.125 e. The summed E-state index contributed by atoms with van der Waals surface area (Å²) in [5, 5.41) is 10.7. The second-order valence-corrected chi connectivity index (χ2v) is 6.06. The first kappa shape index (κ1) is 13.9. The highest BCUT2D eigenvalue weighted by Crippen LogP contribution is 2.35. The number of aliphatic hydroxyl groups is 1. The zero-order chi connectivity index (χ0) is 14.1. The molecule has 3 unspecified atom stereocenters. The molecule has 110 valence electrons. The van der Waals surface area contributed by atoms with Gasteiger partial charge in [0.25, 0.3) is 0 Å². The fraction of sp³-hybridized carbons (Fsp3) is 0.625. The van der Waals surface area contributed by atoms with Crippen LogP contribution in [0.5, 0.6) is 5.75 Å². The fourth-order valence-electron chi connectivity index (χ4n) is 3.49. The molecule has 2 aliphatic heterocycles. The molecule has 1 N–H and O–H groups in total. The van der Waals surface area contributed by atoms with E-state index in [1.165, 1.54) is 0 Å². The van der Waals surface area contributed by atoms with E-state index in [0.717, 1.165) is 37.4 Å². The molecule has 20 heavy (non-hydrogen) atoms. The van der Waals surface area contributed by atoms with Crippen molar-refractivity contribution in [1.82, 2.24) is 9.80 Å². The Hall–Kier alpha value is -1.10. The van der Waals surface area contributed by atoms with Crippen LogP contribution in [0.1, 0.15) is 25.0 Å². The van der Waals surface area contributed by atoms with Gasteiger partial charge in [-0.1, -0.05) is 18.2 Å². The van der Waals surface area contributed by atoms with Gasteiger partial charge in [-0.15, -0.1) is 0 Å². The highest BCUT2D eigenvalue weighted by molar-refractivity contribution is 5.37. The SMILES string of the molecule is CC1CN(C)CCCN1C1COc2ccccc2C1O. The lowest BCUT2D eigenvalue weighted by atomic mass is 9.97. The van der Waals surface area contributed by atoms with Crippen molar-refractivity contribution in [2.24, 2.45) is 0 Å². The average Bonchev–Trinajstić information content (AvgIpc) is 2.60. The predicted octanol–water partition coefficient (Wildman–Crippen LogP) is 1.51. The van der Waals surface area contributed by atoms with Crippen molar-refractivity contribution in [3.05, 3.63) is 29.8 Å². The summed E-state index contributed by atoms with van der Waals surface area (Å²) in [7, 11) is 2.17. The van der Waals surface area contributed by atoms with Gasteiger partial charge in [0.05, 0.1) is 6.04 Å². The largest absolute Gasteiger partial charge is 0.491 e. The third-order valence-electron chi connectivity index (χ3n) is 4.54. The van der Waals surface area contributed by atoms with E-state index in [0.29, 0.717) is 12.6 Å². The average molecular weight is 276 g/mol. The standard InChI is InChI=1S/C16H24N2O2/c1-12-10-17(2)8-5-9-18(12)14-11-20-15-7-4-3-6-13(15)16(14)19/h3-4,6-7,12,14,16,19H,5,8-11H2,1-2H3. The Morgan fingerprint density at radius 2 is 2.05 bits per heavy atom. The van der Waals surface area contributed by atoms with E-state index in [9.17, 15) is 5.11 Å². The van der Waals surface area contributed by atoms with Gasteiger partial charge in [-0.25, -0.2) is 0 Å². The van der Waals surface area contributed by atoms with E-state index >= 15 is 0 Å². The Kier molecular flexibility index (Phi) is 3.96. The summed E-state index contributed by atoms with van der Waals surface area (Å²) in [5.41, 5.74) is 0.925. The Bertz CT molecular complexity index is 466. The zero-order valence-corrected chi connectivity index (χ0v) is 12.3. The van der Waals surface area contributed by atoms with Crippen molar-refractivity contribution in [2.45, 2.75) is 31.5 Å². The van der Waals surface area contributed by atoms with Crippen LogP contribution in [0, 0.1) is 0 Å². The second kappa shape index (κ2) is 5.72. The number of fused-ring (bicyclic) bond motifs is 1. The number of nitrogens with zero attached hydrogens (tertiary/aromatic N) is 2. The van der Waals surface area contributed by atoms with Crippen LogP contribution in [0.25, 0.3) is 0 Å². The summed E-state index contributed by atoms with van der Waals surface area (Å²) in [4.78, 5) is 4.79. The van der Waals surface area contributed by atoms with Crippen molar-refractivity contribution < 1.29 is 9.84 Å². The first-order chi connectivity index (χ1) is 9.66. The molecule has 3 atom stereocenters. The first-order valence-corrected chi connectivity index (χ1v) is 7.51. The van der Waals surface area contributed by atoms with E-state index < -0.39 is 6.10 Å². The fourth-order valence-corrected chi connectivity index (χ4v) is 3.49. The van der Waals surface area contributed by atoms with Crippen LogP contribution in [0.3, 0.4) is 0 Å². The van der Waals surface area contributed by atoms with Gasteiger partial charge < -0.3 is 14.7 Å². The van der Waals surface area contributed by atoms with Gasteiger partial charge in [0, 0.05) is 24.7 Å². The van der Waals surface area contributed by atoms with Crippen LogP contribution in [0.4, 0.5) is 0 Å². The Labute approximate surface area is 120 Å². The normalized spacial score (nSPS) is 32.2. The topological polar surface area (TPSA) is 35.9 Å². The van der Waals surface area contributed by atoms with Gasteiger partial charge in [-0.3, -0.25) is 4.90 Å². The quantitative estimate of drug-likeness (QED) is 0.843. The number of rotatable bonds is 1. The van der Waals surface area contributed by atoms with Crippen LogP contribution in [-0.4, -0.2) is 60.3 Å². The van der Waals surface area contributed by atoms with Crippen molar-refractivity contribution in [3.63, 3.8) is 0 Å². The maximum absolute atomic E-state index is 10.7. The Balaban J connectivity index is 1.81. The van der Waals surface area contributed by atoms with Gasteiger partial charge in [-0.2, -0.15) is 0 Å². The van der Waals surface area contributed by atoms with E-state index in [2.05, 4.69) is 23.8 Å². The minimum Gasteiger partial charge on any atom is -0.491 e. The molecule has 1 saturated heterocycles. The molecule has 0 radical (unpaired) electrons. The van der Waals surface area contributed by atoms with Crippen molar-refractivity contribution in [3.8, 4) is 5.75 Å². The lowest BCUT2D eigenvalue weighted by molar-refractivity contribution is -0.0120. The van der Waals surface area contributed by atoms with Crippen LogP contribution >= 0.6 is 0 Å². The lowest BCUT2D eigenvalue weighted by Gasteiger charge is -2.40. The molecule has 4 heteroatoms. The first-order valence-electron chi connectivity index (χ1n) is 7.51. The third-order valence-corrected chi connectivity index (χ3v) is 4.54. The highest BCUT2D eigenvalue weighted by atomic mass is 16.5. The lowest BCUT2D eigenvalue weighted by Crippen LogP contribution is -2.51. The molecule has 1 aromatic rings. The van der Waals surface area contributed by atoms with E-state index in [1.54, 1.807) is 0 Å². The minimum absolute atomic E-state index is 0.0615. The van der Waals surface area contributed by atoms with Gasteiger partial charge in [-0.05, 0) is 33.0 Å². The highest BCUT2D eigenvalue weighted by Gasteiger charge is 2.36. The summed E-state index contributed by atoms with van der Waals surface area (Å²) >= 11 is 0. The number of ether oxygens (including phenoxy) is 1. The summed E-state index contributed by atoms with van der Waals surface area (Å²) in [6, 6.07) is 8.33. The molecule has 0 amide bonds. The van der Waals surface area contributed by atoms with Gasteiger partial charge in [0.1, 0.15) is 18.5 Å². The van der Waals surface area contributed by atoms with Crippen molar-refractivity contribution in [2.75, 3.05) is 33.3 Å². The summed E-state index contributed by atoms with van der Waals surface area (Å²) in [5.74, 6) is 0.829. The predicted molar refractivity (Wildman–Crippen MR) is 79.0 cm³/mol. The third kappa shape index (κ3) is 2.55. The molecular weight excluding hydrogens is 252 g/mol. The Morgan fingerprint density at radius 1 is 1.25 bits per heavy atom. The van der Waals surface area contributed by atoms with E-state index in [4.69, 9.17) is 4.74 Å². The van der Waals surface area contributed by atoms with Crippen molar-refractivity contribution >= 4 is 0 Å². The number of benzene rings is 1. The summed E-state index contributed by atoms with van der Waals surface area (Å²) < 4.78 is 5.86. The molecule has 1 fully saturated rings. The number of likely N-dealkylation sites (N-methyl/N-ethyl adjacent to an activating group) is 1. The molecule has 3 rings (SSSR count). The molecule has 2 heterocycles. The zero-order valence-electron chi connectivity index (χ0n) is 12.3. The van der Waals surface area contributed by atoms with Crippen molar-refractivity contribution in [1.29, 1.82) is 0 Å². The second-order valence-electron chi connectivity index (χ2n) is 6.06. The van der Waals surface area contributed by atoms with Crippen LogP contribution in [0.2, 0.25) is 0 Å². The van der Waals surface area contributed by atoms with E-state index in [1.807, 2.05) is 24.3 Å². The van der Waals surface area contributed by atoms with Crippen LogP contribution in [0.15, 0.2) is 24.3 Å². The molecule has 0 aliphatic carbocycles. The summed E-state index contributed by atoms with van der Waals surface area (Å²) in [6.07, 6.45) is 0.692.